The molecule has 6 heteroatoms. The molecule has 1 fully saturated rings. The standard InChI is InChI=1S/C15H26N4O2/c1-17(2)10-13-11-19(8-9-21-12-13)15(20)5-4-14-6-7-16-18(14)3/h6-7,13H,4-5,8-12H2,1-3H3/t13-/m0/s1. The quantitative estimate of drug-likeness (QED) is 0.788. The van der Waals surface area contributed by atoms with E-state index in [4.69, 9.17) is 4.74 Å². The van der Waals surface area contributed by atoms with E-state index < -0.39 is 0 Å². The summed E-state index contributed by atoms with van der Waals surface area (Å²) in [5, 5.41) is 4.13. The molecule has 0 aromatic carbocycles. The number of nitrogens with zero attached hydrogens (tertiary/aromatic N) is 4. The van der Waals surface area contributed by atoms with E-state index in [0.29, 0.717) is 25.5 Å². The summed E-state index contributed by atoms with van der Waals surface area (Å²) in [6.45, 7) is 3.83. The van der Waals surface area contributed by atoms with Crippen LogP contribution in [-0.2, 0) is 23.0 Å². The highest BCUT2D eigenvalue weighted by molar-refractivity contribution is 5.76. The van der Waals surface area contributed by atoms with E-state index in [1.54, 1.807) is 6.20 Å². The van der Waals surface area contributed by atoms with E-state index in [1.807, 2.05) is 22.7 Å². The molecule has 21 heavy (non-hydrogen) atoms. The summed E-state index contributed by atoms with van der Waals surface area (Å²) in [5.74, 6) is 0.605. The smallest absolute Gasteiger partial charge is 0.223 e. The average molecular weight is 294 g/mol. The first kappa shape index (κ1) is 16.0. The number of amides is 1. The van der Waals surface area contributed by atoms with Gasteiger partial charge in [0.2, 0.25) is 5.91 Å². The summed E-state index contributed by atoms with van der Waals surface area (Å²) in [5.41, 5.74) is 1.10. The molecule has 2 rings (SSSR count). The molecule has 0 saturated carbocycles. The number of ether oxygens (including phenoxy) is 1. The van der Waals surface area contributed by atoms with Crippen molar-refractivity contribution in [1.82, 2.24) is 19.6 Å². The zero-order valence-electron chi connectivity index (χ0n) is 13.3. The molecule has 1 aliphatic heterocycles. The largest absolute Gasteiger partial charge is 0.379 e. The van der Waals surface area contributed by atoms with Crippen molar-refractivity contribution in [3.8, 4) is 0 Å². The van der Waals surface area contributed by atoms with Crippen LogP contribution in [0, 0.1) is 5.92 Å². The van der Waals surface area contributed by atoms with Crippen LogP contribution in [-0.4, -0.2) is 72.4 Å². The van der Waals surface area contributed by atoms with Gasteiger partial charge in [0, 0.05) is 50.9 Å². The third-order valence-electron chi connectivity index (χ3n) is 3.83. The van der Waals surface area contributed by atoms with Gasteiger partial charge >= 0.3 is 0 Å². The van der Waals surface area contributed by atoms with E-state index in [-0.39, 0.29) is 5.91 Å². The van der Waals surface area contributed by atoms with Crippen LogP contribution in [0.15, 0.2) is 12.3 Å². The van der Waals surface area contributed by atoms with Crippen molar-refractivity contribution in [2.45, 2.75) is 12.8 Å². The number of hydrogen-bond donors (Lipinski definition) is 0. The predicted molar refractivity (Wildman–Crippen MR) is 81.0 cm³/mol. The van der Waals surface area contributed by atoms with Crippen LogP contribution < -0.4 is 0 Å². The second-order valence-electron chi connectivity index (χ2n) is 5.99. The molecule has 0 bridgehead atoms. The van der Waals surface area contributed by atoms with E-state index >= 15 is 0 Å². The topological polar surface area (TPSA) is 50.6 Å². The van der Waals surface area contributed by atoms with Crippen LogP contribution in [0.25, 0.3) is 0 Å². The van der Waals surface area contributed by atoms with Crippen LogP contribution in [0.4, 0.5) is 0 Å². The Kier molecular flexibility index (Phi) is 5.76. The Bertz CT molecular complexity index is 458. The SMILES string of the molecule is CN(C)C[C@@H]1COCCN(C(=O)CCc2ccnn2C)C1. The molecule has 0 spiro atoms. The number of aryl methyl sites for hydroxylation is 2. The summed E-state index contributed by atoms with van der Waals surface area (Å²) in [4.78, 5) is 16.5. The summed E-state index contributed by atoms with van der Waals surface area (Å²) in [6.07, 6.45) is 3.05. The lowest BCUT2D eigenvalue weighted by Crippen LogP contribution is -2.38. The monoisotopic (exact) mass is 294 g/mol. The van der Waals surface area contributed by atoms with Gasteiger partial charge in [-0.2, -0.15) is 5.10 Å². The predicted octanol–water partition coefficient (Wildman–Crippen LogP) is 0.389. The number of hydrogen-bond acceptors (Lipinski definition) is 4. The highest BCUT2D eigenvalue weighted by Crippen LogP contribution is 2.11. The number of aromatic nitrogens is 2. The van der Waals surface area contributed by atoms with Crippen LogP contribution in [0.5, 0.6) is 0 Å². The van der Waals surface area contributed by atoms with Gasteiger partial charge in [0.25, 0.3) is 0 Å². The first-order valence-electron chi connectivity index (χ1n) is 7.53. The maximum Gasteiger partial charge on any atom is 0.223 e. The summed E-state index contributed by atoms with van der Waals surface area (Å²) in [6, 6.07) is 1.97. The van der Waals surface area contributed by atoms with Gasteiger partial charge in [-0.15, -0.1) is 0 Å². The second kappa shape index (κ2) is 7.56. The van der Waals surface area contributed by atoms with Crippen molar-refractivity contribution < 1.29 is 9.53 Å². The van der Waals surface area contributed by atoms with Gasteiger partial charge in [-0.25, -0.2) is 0 Å². The van der Waals surface area contributed by atoms with Crippen LogP contribution in [0.3, 0.4) is 0 Å². The fourth-order valence-corrected chi connectivity index (χ4v) is 2.77. The van der Waals surface area contributed by atoms with Crippen molar-refractivity contribution in [2.75, 3.05) is 46.9 Å². The van der Waals surface area contributed by atoms with Gasteiger partial charge in [-0.05, 0) is 26.6 Å². The van der Waals surface area contributed by atoms with Crippen LogP contribution >= 0.6 is 0 Å². The molecule has 1 aromatic rings. The van der Waals surface area contributed by atoms with E-state index in [2.05, 4.69) is 24.1 Å². The minimum Gasteiger partial charge on any atom is -0.379 e. The fourth-order valence-electron chi connectivity index (χ4n) is 2.77. The molecule has 1 aromatic heterocycles. The molecule has 118 valence electrons. The molecule has 0 radical (unpaired) electrons. The lowest BCUT2D eigenvalue weighted by molar-refractivity contribution is -0.131. The van der Waals surface area contributed by atoms with E-state index in [1.165, 1.54) is 0 Å². The average Bonchev–Trinajstić information content (AvgIpc) is 2.70. The van der Waals surface area contributed by atoms with Crippen molar-refractivity contribution in [3.05, 3.63) is 18.0 Å². The summed E-state index contributed by atoms with van der Waals surface area (Å²) < 4.78 is 7.45. The minimum atomic E-state index is 0.213. The molecule has 0 unspecified atom stereocenters. The Morgan fingerprint density at radius 1 is 1.52 bits per heavy atom. The Morgan fingerprint density at radius 3 is 3.00 bits per heavy atom. The normalized spacial score (nSPS) is 19.8. The maximum absolute atomic E-state index is 12.4. The third-order valence-corrected chi connectivity index (χ3v) is 3.83. The molecule has 1 atom stereocenters. The van der Waals surface area contributed by atoms with Gasteiger partial charge in [-0.1, -0.05) is 0 Å². The van der Waals surface area contributed by atoms with Crippen molar-refractivity contribution in [1.29, 1.82) is 0 Å². The van der Waals surface area contributed by atoms with Gasteiger partial charge in [0.1, 0.15) is 0 Å². The molecule has 1 amide bonds. The summed E-state index contributed by atoms with van der Waals surface area (Å²) in [7, 11) is 6.02. The number of carbonyl (C=O) groups excluding carboxylic acids is 1. The zero-order chi connectivity index (χ0) is 15.2. The lowest BCUT2D eigenvalue weighted by Gasteiger charge is -2.25. The molecular weight excluding hydrogens is 268 g/mol. The third kappa shape index (κ3) is 4.82. The number of rotatable bonds is 5. The number of carbonyl (C=O) groups is 1. The summed E-state index contributed by atoms with van der Waals surface area (Å²) >= 11 is 0. The molecular formula is C15H26N4O2. The van der Waals surface area contributed by atoms with Crippen LogP contribution in [0.1, 0.15) is 12.1 Å². The Hall–Kier alpha value is -1.40. The van der Waals surface area contributed by atoms with Gasteiger partial charge in [-0.3, -0.25) is 9.48 Å². The highest BCUT2D eigenvalue weighted by atomic mass is 16.5. The van der Waals surface area contributed by atoms with Crippen molar-refractivity contribution in [3.63, 3.8) is 0 Å². The molecule has 2 heterocycles. The van der Waals surface area contributed by atoms with Crippen molar-refractivity contribution in [2.24, 2.45) is 13.0 Å². The van der Waals surface area contributed by atoms with Crippen molar-refractivity contribution >= 4 is 5.91 Å². The maximum atomic E-state index is 12.4. The molecule has 0 N–H and O–H groups in total. The highest BCUT2D eigenvalue weighted by Gasteiger charge is 2.22. The Balaban J connectivity index is 1.86. The molecule has 0 aliphatic carbocycles. The van der Waals surface area contributed by atoms with E-state index in [9.17, 15) is 4.79 Å². The van der Waals surface area contributed by atoms with Gasteiger partial charge in [0.05, 0.1) is 13.2 Å². The Morgan fingerprint density at radius 2 is 2.33 bits per heavy atom. The molecule has 1 saturated heterocycles. The first-order valence-corrected chi connectivity index (χ1v) is 7.53. The van der Waals surface area contributed by atoms with Crippen LogP contribution in [0.2, 0.25) is 0 Å². The fraction of sp³-hybridized carbons (Fsp3) is 0.733. The minimum absolute atomic E-state index is 0.213. The Labute approximate surface area is 126 Å². The van der Waals surface area contributed by atoms with E-state index in [0.717, 1.165) is 31.8 Å². The van der Waals surface area contributed by atoms with Gasteiger partial charge in [0.15, 0.2) is 0 Å². The molecule has 6 nitrogen and oxygen atoms in total. The molecule has 1 aliphatic rings. The second-order valence-corrected chi connectivity index (χ2v) is 5.99. The van der Waals surface area contributed by atoms with Gasteiger partial charge < -0.3 is 14.5 Å². The lowest BCUT2D eigenvalue weighted by atomic mass is 10.1. The zero-order valence-corrected chi connectivity index (χ0v) is 13.3. The first-order chi connectivity index (χ1) is 10.1.